The third-order valence-electron chi connectivity index (χ3n) is 9.15. The predicted octanol–water partition coefficient (Wildman–Crippen LogP) is 2.45. The maximum atomic E-state index is 13.1. The lowest BCUT2D eigenvalue weighted by molar-refractivity contribution is -0.134. The molecule has 52 heavy (non-hydrogen) atoms. The molecule has 0 unspecified atom stereocenters. The topological polar surface area (TPSA) is 194 Å². The van der Waals surface area contributed by atoms with Gasteiger partial charge in [-0.1, -0.05) is 24.3 Å². The Hall–Kier alpha value is -5.22. The molecule has 2 fully saturated rings. The lowest BCUT2D eigenvalue weighted by Crippen LogP contribution is -2.48. The van der Waals surface area contributed by atoms with Crippen LogP contribution in [0.5, 0.6) is 0 Å². The third kappa shape index (κ3) is 10.9. The fourth-order valence-electron chi connectivity index (χ4n) is 6.16. The number of ether oxygens (including phenoxy) is 4. The second-order valence-electron chi connectivity index (χ2n) is 12.6. The molecule has 4 atom stereocenters. The van der Waals surface area contributed by atoms with Crippen LogP contribution in [-0.4, -0.2) is 126 Å². The molecule has 6 amide bonds. The van der Waals surface area contributed by atoms with Gasteiger partial charge in [-0.05, 0) is 48.2 Å². The van der Waals surface area contributed by atoms with Crippen LogP contribution in [-0.2, 0) is 38.1 Å². The Labute approximate surface area is 302 Å². The van der Waals surface area contributed by atoms with Crippen LogP contribution >= 0.6 is 0 Å². The van der Waals surface area contributed by atoms with E-state index in [0.29, 0.717) is 37.3 Å². The zero-order valence-electron chi connectivity index (χ0n) is 30.0. The van der Waals surface area contributed by atoms with Crippen molar-refractivity contribution in [3.8, 4) is 11.1 Å². The number of anilines is 2. The molecule has 2 saturated heterocycles. The minimum atomic E-state index is -0.813. The van der Waals surface area contributed by atoms with Crippen molar-refractivity contribution in [2.45, 2.75) is 37.8 Å². The van der Waals surface area contributed by atoms with Crippen LogP contribution < -0.4 is 21.3 Å². The summed E-state index contributed by atoms with van der Waals surface area (Å²) in [4.78, 5) is 78.9. The molecule has 0 aromatic heterocycles. The standard InChI is InChI=1S/C36H48N6O10/c1-49-19-15-29(39-35(47)51-3)33(45)41-17-13-25(21-41)31(43)37-27-9-5-23(6-10-27)24-7-11-28(12-8-24)38-32(44)26-14-18-42(22-26)34(46)30(16-20-50-2)40-36(48)52-4/h5-12,25-26,29-30H,13-22H2,1-4H3,(H,37,43)(H,38,44)(H,39,47)(H,40,48)/t25-,26+,29-,30+. The van der Waals surface area contributed by atoms with E-state index in [-0.39, 0.29) is 62.8 Å². The Bertz CT molecular complexity index is 1440. The second kappa shape index (κ2) is 19.4. The highest BCUT2D eigenvalue weighted by Crippen LogP contribution is 2.26. The molecule has 4 rings (SSSR count). The average Bonchev–Trinajstić information content (AvgIpc) is 3.86. The first kappa shape index (κ1) is 39.6. The summed E-state index contributed by atoms with van der Waals surface area (Å²) in [7, 11) is 5.47. The van der Waals surface area contributed by atoms with Gasteiger partial charge in [0.2, 0.25) is 23.6 Å². The molecular formula is C36H48N6O10. The molecule has 4 N–H and O–H groups in total. The first-order chi connectivity index (χ1) is 25.1. The molecular weight excluding hydrogens is 676 g/mol. The van der Waals surface area contributed by atoms with Gasteiger partial charge in [0.05, 0.1) is 26.1 Å². The maximum Gasteiger partial charge on any atom is 0.407 e. The number of methoxy groups -OCH3 is 4. The van der Waals surface area contributed by atoms with Crippen molar-refractivity contribution in [1.82, 2.24) is 20.4 Å². The quantitative estimate of drug-likeness (QED) is 0.212. The van der Waals surface area contributed by atoms with Crippen molar-refractivity contribution < 1.29 is 47.7 Å². The summed E-state index contributed by atoms with van der Waals surface area (Å²) in [6.07, 6.45) is 0.126. The number of likely N-dealkylation sites (tertiary alicyclic amines) is 2. The van der Waals surface area contributed by atoms with Crippen LogP contribution in [0, 0.1) is 11.8 Å². The van der Waals surface area contributed by atoms with Crippen LogP contribution in [0.2, 0.25) is 0 Å². The Morgan fingerprint density at radius 3 is 1.31 bits per heavy atom. The number of benzene rings is 2. The highest BCUT2D eigenvalue weighted by atomic mass is 16.5. The maximum absolute atomic E-state index is 13.1. The zero-order chi connectivity index (χ0) is 37.6. The van der Waals surface area contributed by atoms with Crippen molar-refractivity contribution in [1.29, 1.82) is 0 Å². The minimum absolute atomic E-state index is 0.198. The summed E-state index contributed by atoms with van der Waals surface area (Å²) in [6.45, 7) is 1.80. The van der Waals surface area contributed by atoms with Gasteiger partial charge in [0.25, 0.3) is 0 Å². The van der Waals surface area contributed by atoms with Crippen molar-refractivity contribution in [2.75, 3.05) is 78.5 Å². The van der Waals surface area contributed by atoms with E-state index in [0.717, 1.165) is 11.1 Å². The third-order valence-corrected chi connectivity index (χ3v) is 9.15. The molecule has 2 aliphatic heterocycles. The summed E-state index contributed by atoms with van der Waals surface area (Å²) in [6, 6.07) is 13.1. The molecule has 0 radical (unpaired) electrons. The van der Waals surface area contributed by atoms with E-state index in [1.807, 2.05) is 24.3 Å². The molecule has 2 aliphatic rings. The van der Waals surface area contributed by atoms with Gasteiger partial charge < -0.3 is 50.0 Å². The summed E-state index contributed by atoms with van der Waals surface area (Å²) >= 11 is 0. The Morgan fingerprint density at radius 2 is 0.981 bits per heavy atom. The molecule has 0 aliphatic carbocycles. The molecule has 16 nitrogen and oxygen atoms in total. The second-order valence-corrected chi connectivity index (χ2v) is 12.6. The van der Waals surface area contributed by atoms with Crippen molar-refractivity contribution >= 4 is 47.2 Å². The molecule has 0 saturated carbocycles. The minimum Gasteiger partial charge on any atom is -0.453 e. The van der Waals surface area contributed by atoms with Gasteiger partial charge in [-0.15, -0.1) is 0 Å². The van der Waals surface area contributed by atoms with E-state index >= 15 is 0 Å². The summed E-state index contributed by atoms with van der Waals surface area (Å²) in [5.74, 6) is -1.78. The highest BCUT2D eigenvalue weighted by molar-refractivity contribution is 5.95. The van der Waals surface area contributed by atoms with Gasteiger partial charge in [-0.25, -0.2) is 9.59 Å². The highest BCUT2D eigenvalue weighted by Gasteiger charge is 2.36. The number of carbonyl (C=O) groups excluding carboxylic acids is 6. The first-order valence-corrected chi connectivity index (χ1v) is 17.1. The smallest absolute Gasteiger partial charge is 0.407 e. The van der Waals surface area contributed by atoms with Crippen LogP contribution in [0.3, 0.4) is 0 Å². The van der Waals surface area contributed by atoms with Crippen LogP contribution in [0.25, 0.3) is 11.1 Å². The Balaban J connectivity index is 1.26. The van der Waals surface area contributed by atoms with Gasteiger partial charge in [0.1, 0.15) is 12.1 Å². The lowest BCUT2D eigenvalue weighted by Gasteiger charge is -2.23. The van der Waals surface area contributed by atoms with Gasteiger partial charge in [-0.2, -0.15) is 0 Å². The number of amides is 6. The van der Waals surface area contributed by atoms with E-state index in [4.69, 9.17) is 9.47 Å². The summed E-state index contributed by atoms with van der Waals surface area (Å²) < 4.78 is 19.4. The SMILES string of the molecule is COCC[C@H](NC(=O)OC)C(=O)N1CC[C@H](C(=O)Nc2ccc(-c3ccc(NC(=O)[C@@H]4CCN(C(=O)[C@@H](CCOC)NC(=O)OC)C4)cc3)cc2)C1. The number of hydrogen-bond donors (Lipinski definition) is 4. The molecule has 0 bridgehead atoms. The van der Waals surface area contributed by atoms with Crippen LogP contribution in [0.1, 0.15) is 25.7 Å². The van der Waals surface area contributed by atoms with Crippen molar-refractivity contribution in [3.63, 3.8) is 0 Å². The van der Waals surface area contributed by atoms with Gasteiger partial charge >= 0.3 is 12.2 Å². The fraction of sp³-hybridized carbons (Fsp3) is 0.500. The average molecular weight is 725 g/mol. The predicted molar refractivity (Wildman–Crippen MR) is 190 cm³/mol. The number of hydrogen-bond acceptors (Lipinski definition) is 10. The summed E-state index contributed by atoms with van der Waals surface area (Å²) in [5.41, 5.74) is 3.04. The lowest BCUT2D eigenvalue weighted by atomic mass is 10.0. The van der Waals surface area contributed by atoms with Crippen molar-refractivity contribution in [2.24, 2.45) is 11.8 Å². The van der Waals surface area contributed by atoms with Crippen LogP contribution in [0.4, 0.5) is 21.0 Å². The molecule has 2 heterocycles. The van der Waals surface area contributed by atoms with E-state index in [2.05, 4.69) is 30.7 Å². The van der Waals surface area contributed by atoms with E-state index in [9.17, 15) is 28.8 Å². The Morgan fingerprint density at radius 1 is 0.615 bits per heavy atom. The normalized spacial score (nSPS) is 17.8. The van der Waals surface area contributed by atoms with E-state index in [1.165, 1.54) is 28.4 Å². The first-order valence-electron chi connectivity index (χ1n) is 17.1. The number of alkyl carbamates (subject to hydrolysis) is 2. The number of rotatable bonds is 15. The fourth-order valence-corrected chi connectivity index (χ4v) is 6.16. The molecule has 2 aromatic rings. The van der Waals surface area contributed by atoms with Gasteiger partial charge in [0.15, 0.2) is 0 Å². The van der Waals surface area contributed by atoms with E-state index < -0.39 is 36.1 Å². The van der Waals surface area contributed by atoms with Crippen molar-refractivity contribution in [3.05, 3.63) is 48.5 Å². The van der Waals surface area contributed by atoms with Crippen LogP contribution in [0.15, 0.2) is 48.5 Å². The Kier molecular flexibility index (Phi) is 14.8. The number of nitrogens with zero attached hydrogens (tertiary/aromatic N) is 2. The van der Waals surface area contributed by atoms with Gasteiger partial charge in [0, 0.05) is 77.8 Å². The number of carbonyl (C=O) groups is 6. The summed E-state index contributed by atoms with van der Waals surface area (Å²) in [5, 5.41) is 10.9. The molecule has 282 valence electrons. The van der Waals surface area contributed by atoms with E-state index in [1.54, 1.807) is 34.1 Å². The van der Waals surface area contributed by atoms with Gasteiger partial charge in [-0.3, -0.25) is 19.2 Å². The number of nitrogens with one attached hydrogen (secondary N) is 4. The monoisotopic (exact) mass is 724 g/mol. The zero-order valence-corrected chi connectivity index (χ0v) is 30.0. The molecule has 2 aromatic carbocycles. The molecule has 0 spiro atoms. The largest absolute Gasteiger partial charge is 0.453 e. The molecule has 16 heteroatoms.